The Labute approximate surface area is 135 Å². The van der Waals surface area contributed by atoms with Crippen molar-refractivity contribution in [2.45, 2.75) is 26.2 Å². The smallest absolute Gasteiger partial charge is 0.254 e. The monoisotopic (exact) mass is 311 g/mol. The summed E-state index contributed by atoms with van der Waals surface area (Å²) in [6.45, 7) is 5.09. The largest absolute Gasteiger partial charge is 0.369 e. The molecule has 23 heavy (non-hydrogen) atoms. The van der Waals surface area contributed by atoms with Crippen LogP contribution in [0.4, 0.5) is 0 Å². The minimum atomic E-state index is -0.331. The molecule has 1 aliphatic heterocycles. The normalized spacial score (nSPS) is 17.9. The first-order valence-corrected chi connectivity index (χ1v) is 7.95. The lowest BCUT2D eigenvalue weighted by Gasteiger charge is -2.18. The zero-order valence-corrected chi connectivity index (χ0v) is 13.5. The second-order valence-electron chi connectivity index (χ2n) is 6.41. The number of aromatic nitrogens is 1. The van der Waals surface area contributed by atoms with Gasteiger partial charge in [0, 0.05) is 24.2 Å². The van der Waals surface area contributed by atoms with E-state index in [1.54, 1.807) is 4.90 Å². The van der Waals surface area contributed by atoms with E-state index in [1.165, 1.54) is 0 Å². The molecule has 1 aromatic carbocycles. The predicted molar refractivity (Wildman–Crippen MR) is 89.0 cm³/mol. The zero-order chi connectivity index (χ0) is 16.6. The van der Waals surface area contributed by atoms with Gasteiger partial charge in [-0.15, -0.1) is 0 Å². The Balaban J connectivity index is 2.01. The van der Waals surface area contributed by atoms with Crippen LogP contribution in [0.1, 0.15) is 42.2 Å². The molecule has 5 nitrogen and oxygen atoms in total. The van der Waals surface area contributed by atoms with Crippen molar-refractivity contribution < 1.29 is 9.59 Å². The van der Waals surface area contributed by atoms with Gasteiger partial charge >= 0.3 is 0 Å². The zero-order valence-electron chi connectivity index (χ0n) is 13.5. The van der Waals surface area contributed by atoms with E-state index < -0.39 is 0 Å². The molecule has 1 atom stereocenters. The van der Waals surface area contributed by atoms with Gasteiger partial charge < -0.3 is 10.6 Å². The van der Waals surface area contributed by atoms with Gasteiger partial charge in [-0.05, 0) is 24.5 Å². The second kappa shape index (κ2) is 5.99. The molecule has 2 heterocycles. The summed E-state index contributed by atoms with van der Waals surface area (Å²) < 4.78 is 0. The maximum atomic E-state index is 12.9. The van der Waals surface area contributed by atoms with Crippen molar-refractivity contribution in [3.05, 3.63) is 41.6 Å². The van der Waals surface area contributed by atoms with Crippen molar-refractivity contribution in [2.24, 2.45) is 11.7 Å². The van der Waals surface area contributed by atoms with E-state index in [0.29, 0.717) is 25.1 Å². The highest BCUT2D eigenvalue weighted by Gasteiger charge is 2.31. The fourth-order valence-electron chi connectivity index (χ4n) is 3.02. The number of likely N-dealkylation sites (tertiary alicyclic amines) is 1. The molecule has 0 spiro atoms. The van der Waals surface area contributed by atoms with E-state index in [0.717, 1.165) is 16.6 Å². The maximum absolute atomic E-state index is 12.9. The molecule has 0 bridgehead atoms. The van der Waals surface area contributed by atoms with Crippen LogP contribution >= 0.6 is 0 Å². The number of hydrogen-bond acceptors (Lipinski definition) is 3. The van der Waals surface area contributed by atoms with E-state index in [-0.39, 0.29) is 23.7 Å². The number of fused-ring (bicyclic) bond motifs is 1. The first-order chi connectivity index (χ1) is 11.0. The quantitative estimate of drug-likeness (QED) is 0.945. The summed E-state index contributed by atoms with van der Waals surface area (Å²) in [5.41, 5.74) is 7.75. The summed E-state index contributed by atoms with van der Waals surface area (Å²) in [6.07, 6.45) is 0.640. The number of nitrogens with zero attached hydrogens (tertiary/aromatic N) is 2. The number of amides is 2. The number of pyridine rings is 1. The van der Waals surface area contributed by atoms with Gasteiger partial charge in [-0.2, -0.15) is 0 Å². The number of carbonyl (C=O) groups excluding carboxylic acids is 2. The number of hydrogen-bond donors (Lipinski definition) is 1. The third-order valence-electron chi connectivity index (χ3n) is 4.44. The van der Waals surface area contributed by atoms with Crippen LogP contribution < -0.4 is 5.73 Å². The van der Waals surface area contributed by atoms with Gasteiger partial charge in [0.05, 0.1) is 17.0 Å². The van der Waals surface area contributed by atoms with Gasteiger partial charge in [-0.1, -0.05) is 32.0 Å². The van der Waals surface area contributed by atoms with E-state index in [4.69, 9.17) is 5.73 Å². The van der Waals surface area contributed by atoms with Crippen LogP contribution in [-0.2, 0) is 4.79 Å². The summed E-state index contributed by atoms with van der Waals surface area (Å²) in [4.78, 5) is 30.7. The van der Waals surface area contributed by atoms with E-state index in [2.05, 4.69) is 18.8 Å². The lowest BCUT2D eigenvalue weighted by atomic mass is 10.0. The highest BCUT2D eigenvalue weighted by atomic mass is 16.2. The standard InChI is InChI=1S/C18H21N3O2/c1-11(2)16-9-14(13-5-3-4-6-15(13)20-16)18(23)21-8-7-12(10-21)17(19)22/h3-6,9,11-12H,7-8,10H2,1-2H3,(H2,19,22)/t12-/m1/s1. The fraction of sp³-hybridized carbons (Fsp3) is 0.389. The molecule has 0 radical (unpaired) electrons. The molecule has 2 aromatic rings. The molecule has 1 fully saturated rings. The van der Waals surface area contributed by atoms with Gasteiger partial charge in [0.1, 0.15) is 0 Å². The van der Waals surface area contributed by atoms with Crippen molar-refractivity contribution in [1.29, 1.82) is 0 Å². The Morgan fingerprint density at radius 1 is 1.30 bits per heavy atom. The Kier molecular flexibility index (Phi) is 4.03. The summed E-state index contributed by atoms with van der Waals surface area (Å²) in [5.74, 6) is -0.378. The van der Waals surface area contributed by atoms with Crippen molar-refractivity contribution in [3.8, 4) is 0 Å². The number of primary amides is 1. The van der Waals surface area contributed by atoms with Crippen LogP contribution in [0.15, 0.2) is 30.3 Å². The van der Waals surface area contributed by atoms with Crippen molar-refractivity contribution in [2.75, 3.05) is 13.1 Å². The van der Waals surface area contributed by atoms with Gasteiger partial charge in [0.25, 0.3) is 5.91 Å². The molecule has 0 unspecified atom stereocenters. The van der Waals surface area contributed by atoms with E-state index in [9.17, 15) is 9.59 Å². The van der Waals surface area contributed by atoms with Crippen LogP contribution in [0.2, 0.25) is 0 Å². The topological polar surface area (TPSA) is 76.3 Å². The highest BCUT2D eigenvalue weighted by Crippen LogP contribution is 2.26. The number of para-hydroxylation sites is 1. The lowest BCUT2D eigenvalue weighted by molar-refractivity contribution is -0.121. The molecule has 2 amide bonds. The molecule has 1 aromatic heterocycles. The van der Waals surface area contributed by atoms with Crippen LogP contribution in [0.5, 0.6) is 0 Å². The minimum Gasteiger partial charge on any atom is -0.369 e. The number of nitrogens with two attached hydrogens (primary N) is 1. The van der Waals surface area contributed by atoms with Crippen molar-refractivity contribution in [3.63, 3.8) is 0 Å². The van der Waals surface area contributed by atoms with Crippen LogP contribution in [0, 0.1) is 5.92 Å². The number of rotatable bonds is 3. The van der Waals surface area contributed by atoms with Gasteiger partial charge in [-0.25, -0.2) is 0 Å². The SMILES string of the molecule is CC(C)c1cc(C(=O)N2CC[C@@H](C(N)=O)C2)c2ccccc2n1. The first-order valence-electron chi connectivity index (χ1n) is 7.95. The summed E-state index contributed by atoms with van der Waals surface area (Å²) in [6, 6.07) is 9.56. The Morgan fingerprint density at radius 2 is 2.04 bits per heavy atom. The molecule has 0 saturated carbocycles. The van der Waals surface area contributed by atoms with Crippen LogP contribution in [0.3, 0.4) is 0 Å². The minimum absolute atomic E-state index is 0.0470. The highest BCUT2D eigenvalue weighted by molar-refractivity contribution is 6.06. The number of carbonyl (C=O) groups is 2. The van der Waals surface area contributed by atoms with E-state index in [1.807, 2.05) is 30.3 Å². The average molecular weight is 311 g/mol. The van der Waals surface area contributed by atoms with E-state index >= 15 is 0 Å². The predicted octanol–water partition coefficient (Wildman–Crippen LogP) is 2.31. The van der Waals surface area contributed by atoms with Gasteiger partial charge in [-0.3, -0.25) is 14.6 Å². The Morgan fingerprint density at radius 3 is 2.70 bits per heavy atom. The molecule has 0 aliphatic carbocycles. The molecule has 1 aliphatic rings. The second-order valence-corrected chi connectivity index (χ2v) is 6.41. The molecule has 120 valence electrons. The molecule has 3 rings (SSSR count). The third-order valence-corrected chi connectivity index (χ3v) is 4.44. The first kappa shape index (κ1) is 15.5. The van der Waals surface area contributed by atoms with Gasteiger partial charge in [0.2, 0.25) is 5.91 Å². The molecular weight excluding hydrogens is 290 g/mol. The van der Waals surface area contributed by atoms with Crippen LogP contribution in [-0.4, -0.2) is 34.8 Å². The molecule has 1 saturated heterocycles. The summed E-state index contributed by atoms with van der Waals surface area (Å²) in [5, 5.41) is 0.851. The third kappa shape index (κ3) is 2.91. The lowest BCUT2D eigenvalue weighted by Crippen LogP contribution is -2.32. The Hall–Kier alpha value is -2.43. The summed E-state index contributed by atoms with van der Waals surface area (Å²) in [7, 11) is 0. The average Bonchev–Trinajstić information content (AvgIpc) is 3.03. The molecule has 5 heteroatoms. The molecule has 2 N–H and O–H groups in total. The summed E-state index contributed by atoms with van der Waals surface area (Å²) >= 11 is 0. The Bertz CT molecular complexity index is 770. The van der Waals surface area contributed by atoms with Crippen LogP contribution in [0.25, 0.3) is 10.9 Å². The molecular formula is C18H21N3O2. The fourth-order valence-corrected chi connectivity index (χ4v) is 3.02. The maximum Gasteiger partial charge on any atom is 0.254 e. The van der Waals surface area contributed by atoms with Gasteiger partial charge in [0.15, 0.2) is 0 Å². The van der Waals surface area contributed by atoms with Crippen molar-refractivity contribution >= 4 is 22.7 Å². The number of benzene rings is 1. The van der Waals surface area contributed by atoms with Crippen molar-refractivity contribution in [1.82, 2.24) is 9.88 Å².